The molecule has 1 saturated heterocycles. The minimum absolute atomic E-state index is 0.413. The summed E-state index contributed by atoms with van der Waals surface area (Å²) in [5.41, 5.74) is 12.5. The molecule has 6 heteroatoms. The summed E-state index contributed by atoms with van der Waals surface area (Å²) in [4.78, 5) is 9.96. The summed E-state index contributed by atoms with van der Waals surface area (Å²) in [6.07, 6.45) is 9.87. The third-order valence-electron chi connectivity index (χ3n) is 10.4. The van der Waals surface area contributed by atoms with Gasteiger partial charge in [-0.15, -0.1) is 0 Å². The van der Waals surface area contributed by atoms with Crippen molar-refractivity contribution >= 4 is 17.8 Å². The van der Waals surface area contributed by atoms with Gasteiger partial charge >= 0.3 is 0 Å². The van der Waals surface area contributed by atoms with Crippen molar-refractivity contribution in [1.82, 2.24) is 9.88 Å². The maximum atomic E-state index is 5.84. The van der Waals surface area contributed by atoms with E-state index in [2.05, 4.69) is 116 Å². The Morgan fingerprint density at radius 2 is 1.51 bits per heavy atom. The molecular formula is C47H53N3O3. The average Bonchev–Trinajstić information content (AvgIpc) is 3.20. The van der Waals surface area contributed by atoms with Crippen LogP contribution in [-0.2, 0) is 19.5 Å². The second-order valence-corrected chi connectivity index (χ2v) is 13.9. The SMILES string of the molecule is C=Cc1cc(-c2cccc(CN3CCC(N(Cc4ccnc(-c5cc(C=C)c(OC)c(OC)c5)c4)c4cccc(C)c4)CC3)c2)cc(OC)c1CCC. The predicted molar refractivity (Wildman–Crippen MR) is 221 cm³/mol. The molecule has 0 unspecified atom stereocenters. The highest BCUT2D eigenvalue weighted by Crippen LogP contribution is 2.37. The Hall–Kier alpha value is -5.33. The Kier molecular flexibility index (Phi) is 12.3. The highest BCUT2D eigenvalue weighted by Gasteiger charge is 2.26. The number of anilines is 1. The maximum absolute atomic E-state index is 5.84. The number of rotatable bonds is 15. The number of hydrogen-bond acceptors (Lipinski definition) is 6. The molecule has 53 heavy (non-hydrogen) atoms. The minimum Gasteiger partial charge on any atom is -0.496 e. The standard InChI is InChI=1S/C47H53N3O3/c1-8-13-43-36(9-2)27-39(29-45(43)51-5)38-16-12-15-34(25-38)31-49-22-19-41(20-23-49)50(42-17-11-14-33(4)24-42)32-35-18-21-48-44(26-35)40-28-37(10-3)47(53-7)46(30-40)52-6/h9-12,14-18,21,24-30,41H,2-3,8,13,19-20,22-23,31-32H2,1,4-7H3. The normalized spacial score (nSPS) is 13.4. The largest absolute Gasteiger partial charge is 0.496 e. The Morgan fingerprint density at radius 1 is 0.774 bits per heavy atom. The van der Waals surface area contributed by atoms with Gasteiger partial charge in [-0.1, -0.05) is 69.0 Å². The minimum atomic E-state index is 0.413. The zero-order valence-electron chi connectivity index (χ0n) is 32.0. The van der Waals surface area contributed by atoms with Crippen molar-refractivity contribution in [3.05, 3.63) is 138 Å². The third-order valence-corrected chi connectivity index (χ3v) is 10.4. The molecule has 0 aliphatic carbocycles. The van der Waals surface area contributed by atoms with Crippen LogP contribution in [0.1, 0.15) is 59.6 Å². The van der Waals surface area contributed by atoms with E-state index in [9.17, 15) is 0 Å². The fourth-order valence-electron chi connectivity index (χ4n) is 7.67. The molecule has 0 spiro atoms. The molecule has 5 aromatic rings. The predicted octanol–water partition coefficient (Wildman–Crippen LogP) is 10.7. The number of pyridine rings is 1. The lowest BCUT2D eigenvalue weighted by atomic mass is 9.94. The average molecular weight is 708 g/mol. The molecule has 4 aromatic carbocycles. The summed E-state index contributed by atoms with van der Waals surface area (Å²) < 4.78 is 17.1. The van der Waals surface area contributed by atoms with Crippen molar-refractivity contribution < 1.29 is 14.2 Å². The van der Waals surface area contributed by atoms with Crippen molar-refractivity contribution in [2.45, 2.75) is 58.7 Å². The van der Waals surface area contributed by atoms with Gasteiger partial charge in [0.05, 0.1) is 27.0 Å². The van der Waals surface area contributed by atoms with Crippen LogP contribution in [0.15, 0.2) is 104 Å². The lowest BCUT2D eigenvalue weighted by Gasteiger charge is -2.40. The molecule has 0 atom stereocenters. The summed E-state index contributed by atoms with van der Waals surface area (Å²) in [5.74, 6) is 2.28. The second kappa shape index (κ2) is 17.5. The fourth-order valence-corrected chi connectivity index (χ4v) is 7.67. The van der Waals surface area contributed by atoms with Crippen LogP contribution in [-0.4, -0.2) is 50.3 Å². The summed E-state index contributed by atoms with van der Waals surface area (Å²) in [6.45, 7) is 16.3. The number of methoxy groups -OCH3 is 3. The van der Waals surface area contributed by atoms with Gasteiger partial charge < -0.3 is 19.1 Å². The van der Waals surface area contributed by atoms with Gasteiger partial charge in [-0.3, -0.25) is 9.88 Å². The van der Waals surface area contributed by atoms with Crippen molar-refractivity contribution in [2.24, 2.45) is 0 Å². The van der Waals surface area contributed by atoms with Gasteiger partial charge in [0, 0.05) is 60.8 Å². The van der Waals surface area contributed by atoms with Gasteiger partial charge in [0.1, 0.15) is 5.75 Å². The quantitative estimate of drug-likeness (QED) is 0.108. The van der Waals surface area contributed by atoms with Gasteiger partial charge in [-0.2, -0.15) is 0 Å². The van der Waals surface area contributed by atoms with E-state index in [0.717, 1.165) is 85.6 Å². The molecule has 0 amide bonds. The number of hydrogen-bond donors (Lipinski definition) is 0. The van der Waals surface area contributed by atoms with Crippen molar-refractivity contribution in [3.63, 3.8) is 0 Å². The van der Waals surface area contributed by atoms with E-state index in [1.54, 1.807) is 27.4 Å². The fraction of sp³-hybridized carbons (Fsp3) is 0.298. The first-order chi connectivity index (χ1) is 25.9. The first kappa shape index (κ1) is 37.4. The number of aromatic nitrogens is 1. The summed E-state index contributed by atoms with van der Waals surface area (Å²) >= 11 is 0. The van der Waals surface area contributed by atoms with Crippen LogP contribution in [0.25, 0.3) is 34.5 Å². The molecule has 1 aliphatic heterocycles. The van der Waals surface area contributed by atoms with Crippen molar-refractivity contribution in [2.75, 3.05) is 39.3 Å². The zero-order chi connectivity index (χ0) is 37.3. The number of nitrogens with zero attached hydrogens (tertiary/aromatic N) is 3. The van der Waals surface area contributed by atoms with E-state index in [1.807, 2.05) is 18.3 Å². The molecule has 6 rings (SSSR count). The van der Waals surface area contributed by atoms with Gasteiger partial charge in [-0.25, -0.2) is 0 Å². The molecule has 1 aromatic heterocycles. The van der Waals surface area contributed by atoms with Crippen LogP contribution in [0.5, 0.6) is 17.2 Å². The highest BCUT2D eigenvalue weighted by molar-refractivity contribution is 5.73. The number of piperidine rings is 1. The van der Waals surface area contributed by atoms with Gasteiger partial charge in [0.15, 0.2) is 11.5 Å². The smallest absolute Gasteiger partial charge is 0.167 e. The number of benzene rings is 4. The third kappa shape index (κ3) is 8.66. The molecule has 2 heterocycles. The molecule has 1 aliphatic rings. The molecule has 1 fully saturated rings. The van der Waals surface area contributed by atoms with Crippen LogP contribution in [0, 0.1) is 6.92 Å². The maximum Gasteiger partial charge on any atom is 0.167 e. The number of likely N-dealkylation sites (tertiary alicyclic amines) is 1. The zero-order valence-corrected chi connectivity index (χ0v) is 32.0. The Bertz CT molecular complexity index is 2050. The topological polar surface area (TPSA) is 47.1 Å². The van der Waals surface area contributed by atoms with E-state index in [1.165, 1.54) is 33.5 Å². The van der Waals surface area contributed by atoms with E-state index in [0.29, 0.717) is 17.5 Å². The van der Waals surface area contributed by atoms with Crippen LogP contribution in [0.4, 0.5) is 5.69 Å². The van der Waals surface area contributed by atoms with Gasteiger partial charge in [0.2, 0.25) is 0 Å². The number of aryl methyl sites for hydroxylation is 1. The molecule has 274 valence electrons. The number of ether oxygens (including phenoxy) is 3. The first-order valence-electron chi connectivity index (χ1n) is 18.7. The van der Waals surface area contributed by atoms with Crippen LogP contribution in [0.3, 0.4) is 0 Å². The lowest BCUT2D eigenvalue weighted by molar-refractivity contribution is 0.201. The Morgan fingerprint density at radius 3 is 2.21 bits per heavy atom. The molecule has 6 nitrogen and oxygen atoms in total. The molecule has 0 radical (unpaired) electrons. The Labute approximate surface area is 316 Å². The molecular weight excluding hydrogens is 655 g/mol. The van der Waals surface area contributed by atoms with E-state index < -0.39 is 0 Å². The summed E-state index contributed by atoms with van der Waals surface area (Å²) in [5, 5.41) is 0. The van der Waals surface area contributed by atoms with Crippen LogP contribution in [0.2, 0.25) is 0 Å². The molecule has 0 saturated carbocycles. The summed E-state index contributed by atoms with van der Waals surface area (Å²) in [6, 6.07) is 31.1. The highest BCUT2D eigenvalue weighted by atomic mass is 16.5. The van der Waals surface area contributed by atoms with Crippen molar-refractivity contribution in [3.8, 4) is 39.6 Å². The Balaban J connectivity index is 1.19. The van der Waals surface area contributed by atoms with Crippen LogP contribution < -0.4 is 19.1 Å². The van der Waals surface area contributed by atoms with Crippen LogP contribution >= 0.6 is 0 Å². The van der Waals surface area contributed by atoms with E-state index >= 15 is 0 Å². The first-order valence-corrected chi connectivity index (χ1v) is 18.7. The van der Waals surface area contributed by atoms with Crippen molar-refractivity contribution in [1.29, 1.82) is 0 Å². The van der Waals surface area contributed by atoms with E-state index in [-0.39, 0.29) is 0 Å². The lowest BCUT2D eigenvalue weighted by Crippen LogP contribution is -2.44. The van der Waals surface area contributed by atoms with E-state index in [4.69, 9.17) is 19.2 Å². The van der Waals surface area contributed by atoms with Gasteiger partial charge in [0.25, 0.3) is 0 Å². The second-order valence-electron chi connectivity index (χ2n) is 13.9. The molecule has 0 N–H and O–H groups in total. The summed E-state index contributed by atoms with van der Waals surface area (Å²) in [7, 11) is 5.07. The molecule has 0 bridgehead atoms. The van der Waals surface area contributed by atoms with Gasteiger partial charge in [-0.05, 0) is 114 Å². The monoisotopic (exact) mass is 707 g/mol.